The molecule has 4 saturated carbocycles. The molecule has 7 heteroatoms. The van der Waals surface area contributed by atoms with E-state index < -0.39 is 0 Å². The fraction of sp³-hybridized carbons (Fsp3) is 0.611. The molecule has 0 radical (unpaired) electrons. The molecule has 4 aliphatic carbocycles. The zero-order valence-corrected chi connectivity index (χ0v) is 14.2. The number of carbonyl (C=O) groups excluding carboxylic acids is 1. The van der Waals surface area contributed by atoms with Crippen LogP contribution < -0.4 is 16.4 Å². The van der Waals surface area contributed by atoms with Crippen molar-refractivity contribution in [3.8, 4) is 0 Å². The van der Waals surface area contributed by atoms with Crippen LogP contribution in [-0.2, 0) is 0 Å². The zero-order valence-electron chi connectivity index (χ0n) is 14.2. The first kappa shape index (κ1) is 15.1. The molecule has 132 valence electrons. The minimum Gasteiger partial charge on any atom is -0.336 e. The Labute approximate surface area is 146 Å². The average Bonchev–Trinajstić information content (AvgIpc) is 2.99. The third kappa shape index (κ3) is 2.49. The van der Waals surface area contributed by atoms with Crippen LogP contribution in [0.5, 0.6) is 0 Å². The molecule has 0 saturated heterocycles. The molecule has 4 aliphatic rings. The highest BCUT2D eigenvalue weighted by Gasteiger charge is 2.55. The van der Waals surface area contributed by atoms with Gasteiger partial charge < -0.3 is 11.1 Å². The summed E-state index contributed by atoms with van der Waals surface area (Å²) in [5, 5.41) is 9.94. The largest absolute Gasteiger partial charge is 0.336 e. The highest BCUT2D eigenvalue weighted by Crippen LogP contribution is 2.57. The van der Waals surface area contributed by atoms with Crippen molar-refractivity contribution < 1.29 is 4.79 Å². The molecule has 2 aromatic rings. The highest BCUT2D eigenvalue weighted by molar-refractivity contribution is 5.87. The van der Waals surface area contributed by atoms with Gasteiger partial charge in [0.25, 0.3) is 5.95 Å². The van der Waals surface area contributed by atoms with E-state index in [1.807, 2.05) is 18.2 Å². The third-order valence-electron chi connectivity index (χ3n) is 6.68. The van der Waals surface area contributed by atoms with Crippen molar-refractivity contribution in [3.63, 3.8) is 0 Å². The van der Waals surface area contributed by atoms with E-state index in [2.05, 4.69) is 20.7 Å². The second-order valence-corrected chi connectivity index (χ2v) is 8.16. The van der Waals surface area contributed by atoms with E-state index in [9.17, 15) is 4.79 Å². The average molecular weight is 340 g/mol. The monoisotopic (exact) mass is 340 g/mol. The molecule has 4 N–H and O–H groups in total. The number of nitrogens with two attached hydrogens (primary N) is 1. The Morgan fingerprint density at radius 2 is 1.92 bits per heavy atom. The Morgan fingerprint density at radius 3 is 2.60 bits per heavy atom. The number of hydrogen-bond acceptors (Lipinski definition) is 4. The zero-order chi connectivity index (χ0) is 17.0. The van der Waals surface area contributed by atoms with Crippen molar-refractivity contribution in [3.05, 3.63) is 24.4 Å². The summed E-state index contributed by atoms with van der Waals surface area (Å²) in [7, 11) is 0. The predicted octanol–water partition coefficient (Wildman–Crippen LogP) is 2.00. The van der Waals surface area contributed by atoms with Crippen LogP contribution in [0.2, 0.25) is 0 Å². The van der Waals surface area contributed by atoms with Crippen LogP contribution in [0.3, 0.4) is 0 Å². The lowest BCUT2D eigenvalue weighted by molar-refractivity contribution is -0.0528. The van der Waals surface area contributed by atoms with E-state index in [1.54, 1.807) is 10.7 Å². The number of nitrogens with one attached hydrogen (secondary N) is 2. The number of amides is 2. The fourth-order valence-electron chi connectivity index (χ4n) is 5.61. The number of rotatable bonds is 3. The van der Waals surface area contributed by atoms with Gasteiger partial charge in [-0.15, -0.1) is 5.10 Å². The van der Waals surface area contributed by atoms with Gasteiger partial charge >= 0.3 is 6.03 Å². The molecule has 4 fully saturated rings. The van der Waals surface area contributed by atoms with Crippen LogP contribution in [0.15, 0.2) is 24.4 Å². The van der Waals surface area contributed by atoms with Gasteiger partial charge in [-0.3, -0.25) is 5.32 Å². The minimum absolute atomic E-state index is 0.253. The summed E-state index contributed by atoms with van der Waals surface area (Å²) in [6.45, 7) is 0.529. The summed E-state index contributed by atoms with van der Waals surface area (Å²) in [5.74, 6) is 3.15. The molecule has 0 atom stereocenters. The summed E-state index contributed by atoms with van der Waals surface area (Å²) in [4.78, 5) is 16.6. The number of nitrogens with zero attached hydrogens (tertiary/aromatic N) is 3. The van der Waals surface area contributed by atoms with Crippen LogP contribution in [0.1, 0.15) is 32.1 Å². The Balaban J connectivity index is 1.24. The molecule has 2 heterocycles. The number of fused-ring (bicyclic) bond motifs is 1. The lowest BCUT2D eigenvalue weighted by atomic mass is 9.49. The molecule has 25 heavy (non-hydrogen) atoms. The summed E-state index contributed by atoms with van der Waals surface area (Å²) in [6, 6.07) is 5.32. The number of carbonyl (C=O) groups is 1. The summed E-state index contributed by atoms with van der Waals surface area (Å²) in [5.41, 5.74) is 7.27. The second kappa shape index (κ2) is 5.42. The molecule has 4 bridgehead atoms. The summed E-state index contributed by atoms with van der Waals surface area (Å²) < 4.78 is 1.64. The van der Waals surface area contributed by atoms with Crippen molar-refractivity contribution >= 4 is 17.6 Å². The van der Waals surface area contributed by atoms with Crippen molar-refractivity contribution in [2.75, 3.05) is 11.9 Å². The van der Waals surface area contributed by atoms with Gasteiger partial charge in [0.05, 0.1) is 0 Å². The molecule has 0 aliphatic heterocycles. The quantitative estimate of drug-likeness (QED) is 0.796. The molecule has 2 aromatic heterocycles. The second-order valence-electron chi connectivity index (χ2n) is 8.16. The number of pyridine rings is 1. The molecule has 0 spiro atoms. The molecular formula is C18H24N6O. The van der Waals surface area contributed by atoms with Crippen LogP contribution in [0.25, 0.3) is 5.65 Å². The lowest BCUT2D eigenvalue weighted by Crippen LogP contribution is -2.67. The van der Waals surface area contributed by atoms with Crippen molar-refractivity contribution in [1.29, 1.82) is 0 Å². The van der Waals surface area contributed by atoms with E-state index in [-0.39, 0.29) is 11.6 Å². The molecule has 2 amide bonds. The molecule has 7 nitrogen and oxygen atoms in total. The first-order valence-corrected chi connectivity index (χ1v) is 9.25. The number of urea groups is 1. The SMILES string of the molecule is NC1(CNC(=O)Nc2nc3ccccn3n2)C2CC3CC(C2)CC1C3. The van der Waals surface area contributed by atoms with Gasteiger partial charge in [0.15, 0.2) is 5.65 Å². The van der Waals surface area contributed by atoms with Gasteiger partial charge in [-0.05, 0) is 67.9 Å². The van der Waals surface area contributed by atoms with Crippen LogP contribution in [0.4, 0.5) is 10.7 Å². The highest BCUT2D eigenvalue weighted by atomic mass is 16.2. The standard InChI is InChI=1S/C18H24N6O/c19-18(13-6-11-5-12(8-13)9-14(18)7-11)10-20-17(25)22-16-21-15-3-1-2-4-24(15)23-16/h1-4,11-14H,5-10,19H2,(H2,20,22,23,25). The maximum atomic E-state index is 12.3. The van der Waals surface area contributed by atoms with E-state index >= 15 is 0 Å². The molecule has 0 unspecified atom stereocenters. The fourth-order valence-corrected chi connectivity index (χ4v) is 5.61. The van der Waals surface area contributed by atoms with E-state index in [4.69, 9.17) is 5.73 Å². The summed E-state index contributed by atoms with van der Waals surface area (Å²) in [6.07, 6.45) is 8.15. The van der Waals surface area contributed by atoms with Gasteiger partial charge in [-0.25, -0.2) is 9.31 Å². The maximum Gasteiger partial charge on any atom is 0.321 e. The van der Waals surface area contributed by atoms with E-state index in [0.717, 1.165) is 11.8 Å². The smallest absolute Gasteiger partial charge is 0.321 e. The molecule has 6 rings (SSSR count). The summed E-state index contributed by atoms with van der Waals surface area (Å²) >= 11 is 0. The molecule has 0 aromatic carbocycles. The van der Waals surface area contributed by atoms with Crippen LogP contribution in [-0.4, -0.2) is 32.7 Å². The normalized spacial score (nSPS) is 35.9. The number of aromatic nitrogens is 3. The topological polar surface area (TPSA) is 97.3 Å². The van der Waals surface area contributed by atoms with Crippen molar-refractivity contribution in [2.24, 2.45) is 29.4 Å². The van der Waals surface area contributed by atoms with Crippen molar-refractivity contribution in [1.82, 2.24) is 19.9 Å². The van der Waals surface area contributed by atoms with Gasteiger partial charge in [0.2, 0.25) is 0 Å². The van der Waals surface area contributed by atoms with E-state index in [1.165, 1.54) is 32.1 Å². The Hall–Kier alpha value is -2.15. The van der Waals surface area contributed by atoms with Crippen LogP contribution in [0, 0.1) is 23.7 Å². The predicted molar refractivity (Wildman–Crippen MR) is 94.0 cm³/mol. The van der Waals surface area contributed by atoms with E-state index in [0.29, 0.717) is 30.0 Å². The Morgan fingerprint density at radius 1 is 1.20 bits per heavy atom. The first-order valence-electron chi connectivity index (χ1n) is 9.25. The minimum atomic E-state index is -0.283. The lowest BCUT2D eigenvalue weighted by Gasteiger charge is -2.59. The maximum absolute atomic E-state index is 12.3. The third-order valence-corrected chi connectivity index (χ3v) is 6.68. The Bertz CT molecular complexity index is 754. The van der Waals surface area contributed by atoms with Gasteiger partial charge in [-0.1, -0.05) is 6.07 Å². The first-order chi connectivity index (χ1) is 12.1. The Kier molecular flexibility index (Phi) is 3.28. The van der Waals surface area contributed by atoms with Gasteiger partial charge in [-0.2, -0.15) is 4.98 Å². The number of hydrogen-bond donors (Lipinski definition) is 3. The van der Waals surface area contributed by atoms with Crippen LogP contribution >= 0.6 is 0 Å². The number of anilines is 1. The van der Waals surface area contributed by atoms with Crippen molar-refractivity contribution in [2.45, 2.75) is 37.6 Å². The van der Waals surface area contributed by atoms with Gasteiger partial charge in [0.1, 0.15) is 0 Å². The molecular weight excluding hydrogens is 316 g/mol. The van der Waals surface area contributed by atoms with Gasteiger partial charge in [0, 0.05) is 18.3 Å².